The number of benzene rings is 2. The molecule has 130 valence electrons. The van der Waals surface area contributed by atoms with Crippen molar-refractivity contribution in [1.82, 2.24) is 0 Å². The predicted molar refractivity (Wildman–Crippen MR) is 90.1 cm³/mol. The van der Waals surface area contributed by atoms with Crippen molar-refractivity contribution < 1.29 is 19.4 Å². The Kier molecular flexibility index (Phi) is 5.50. The van der Waals surface area contributed by atoms with Crippen molar-refractivity contribution in [3.8, 4) is 5.75 Å². The van der Waals surface area contributed by atoms with Gasteiger partial charge in [-0.15, -0.1) is 0 Å². The second-order valence-corrected chi connectivity index (χ2v) is 5.32. The topological polar surface area (TPSA) is 125 Å². The quantitative estimate of drug-likeness (QED) is 0.617. The molecule has 25 heavy (non-hydrogen) atoms. The summed E-state index contributed by atoms with van der Waals surface area (Å²) in [5.41, 5.74) is 0.00342. The maximum Gasteiger partial charge on any atom is 0.276 e. The van der Waals surface area contributed by atoms with E-state index in [0.717, 1.165) is 6.07 Å². The van der Waals surface area contributed by atoms with E-state index in [2.05, 4.69) is 5.32 Å². The van der Waals surface area contributed by atoms with Crippen LogP contribution in [0.2, 0.25) is 5.02 Å². The molecule has 0 spiro atoms. The molecule has 0 unspecified atom stereocenters. The van der Waals surface area contributed by atoms with Crippen molar-refractivity contribution in [3.63, 3.8) is 0 Å². The summed E-state index contributed by atoms with van der Waals surface area (Å²) in [5.74, 6) is -0.428. The van der Waals surface area contributed by atoms with Gasteiger partial charge in [0.15, 0.2) is 6.61 Å². The van der Waals surface area contributed by atoms with E-state index in [1.165, 1.54) is 37.3 Å². The predicted octanol–water partition coefficient (Wildman–Crippen LogP) is 3.48. The zero-order valence-electron chi connectivity index (χ0n) is 12.9. The molecular formula is C15H12ClN3O6. The summed E-state index contributed by atoms with van der Waals surface area (Å²) >= 11 is 5.89. The number of hydrogen-bond donors (Lipinski definition) is 1. The Balaban J connectivity index is 2.07. The standard InChI is InChI=1S/C15H12ClN3O6/c1-9-13(19(23)24)3-2-4-14(9)25-8-15(20)17-12-7-10(18(21)22)5-6-11(12)16/h2-7H,8H2,1H3,(H,17,20). The highest BCUT2D eigenvalue weighted by atomic mass is 35.5. The first kappa shape index (κ1) is 18.1. The Bertz CT molecular complexity index is 855. The number of non-ortho nitro benzene ring substituents is 1. The fraction of sp³-hybridized carbons (Fsp3) is 0.133. The maximum absolute atomic E-state index is 12.0. The summed E-state index contributed by atoms with van der Waals surface area (Å²) in [7, 11) is 0. The number of nitro groups is 2. The number of hydrogen-bond acceptors (Lipinski definition) is 6. The Morgan fingerprint density at radius 1 is 1.20 bits per heavy atom. The van der Waals surface area contributed by atoms with Crippen LogP contribution >= 0.6 is 11.6 Å². The molecule has 10 heteroatoms. The second kappa shape index (κ2) is 7.58. The van der Waals surface area contributed by atoms with Crippen molar-refractivity contribution in [1.29, 1.82) is 0 Å². The number of anilines is 1. The number of nitrogens with one attached hydrogen (secondary N) is 1. The lowest BCUT2D eigenvalue weighted by molar-refractivity contribution is -0.385. The van der Waals surface area contributed by atoms with Gasteiger partial charge in [-0.3, -0.25) is 25.0 Å². The highest BCUT2D eigenvalue weighted by molar-refractivity contribution is 6.33. The molecule has 0 aliphatic heterocycles. The number of ether oxygens (including phenoxy) is 1. The number of halogens is 1. The van der Waals surface area contributed by atoms with Crippen LogP contribution in [0.5, 0.6) is 5.75 Å². The number of nitrogens with zero attached hydrogens (tertiary/aromatic N) is 2. The molecule has 1 N–H and O–H groups in total. The Morgan fingerprint density at radius 2 is 1.92 bits per heavy atom. The third-order valence-corrected chi connectivity index (χ3v) is 3.58. The smallest absolute Gasteiger partial charge is 0.276 e. The molecule has 0 aliphatic carbocycles. The fourth-order valence-corrected chi connectivity index (χ4v) is 2.17. The lowest BCUT2D eigenvalue weighted by Gasteiger charge is -2.10. The first-order chi connectivity index (χ1) is 11.8. The van der Waals surface area contributed by atoms with Crippen LogP contribution in [0.15, 0.2) is 36.4 Å². The Morgan fingerprint density at radius 3 is 2.56 bits per heavy atom. The molecule has 0 aliphatic rings. The largest absolute Gasteiger partial charge is 0.483 e. The fourth-order valence-electron chi connectivity index (χ4n) is 2.01. The van der Waals surface area contributed by atoms with Crippen LogP contribution in [0.25, 0.3) is 0 Å². The van der Waals surface area contributed by atoms with Gasteiger partial charge in [0.25, 0.3) is 17.3 Å². The third-order valence-electron chi connectivity index (χ3n) is 3.25. The lowest BCUT2D eigenvalue weighted by Crippen LogP contribution is -2.20. The maximum atomic E-state index is 12.0. The van der Waals surface area contributed by atoms with Crippen molar-refractivity contribution >= 4 is 34.6 Å². The Labute approximate surface area is 146 Å². The minimum Gasteiger partial charge on any atom is -0.483 e. The molecule has 0 saturated carbocycles. The molecular weight excluding hydrogens is 354 g/mol. The van der Waals surface area contributed by atoms with E-state index in [-0.39, 0.29) is 33.4 Å². The molecule has 0 saturated heterocycles. The van der Waals surface area contributed by atoms with E-state index in [4.69, 9.17) is 16.3 Å². The molecule has 2 aromatic rings. The normalized spacial score (nSPS) is 10.2. The van der Waals surface area contributed by atoms with Gasteiger partial charge in [0, 0.05) is 18.2 Å². The van der Waals surface area contributed by atoms with Gasteiger partial charge in [0.2, 0.25) is 0 Å². The molecule has 0 bridgehead atoms. The van der Waals surface area contributed by atoms with Crippen LogP contribution in [0, 0.1) is 27.2 Å². The highest BCUT2D eigenvalue weighted by Crippen LogP contribution is 2.28. The summed E-state index contributed by atoms with van der Waals surface area (Å²) in [5, 5.41) is 24.2. The molecule has 2 rings (SSSR count). The average Bonchev–Trinajstić information content (AvgIpc) is 2.55. The van der Waals surface area contributed by atoms with Crippen LogP contribution < -0.4 is 10.1 Å². The van der Waals surface area contributed by atoms with Crippen LogP contribution in [0.3, 0.4) is 0 Å². The summed E-state index contributed by atoms with van der Waals surface area (Å²) in [4.78, 5) is 32.4. The molecule has 1 amide bonds. The summed E-state index contributed by atoms with van der Waals surface area (Å²) in [6.45, 7) is 1.06. The first-order valence-electron chi connectivity index (χ1n) is 6.90. The molecule has 0 heterocycles. The molecule has 2 aromatic carbocycles. The van der Waals surface area contributed by atoms with Gasteiger partial charge in [-0.25, -0.2) is 0 Å². The van der Waals surface area contributed by atoms with Crippen LogP contribution in [0.1, 0.15) is 5.56 Å². The molecule has 0 atom stereocenters. The van der Waals surface area contributed by atoms with Crippen LogP contribution in [-0.4, -0.2) is 22.4 Å². The van der Waals surface area contributed by atoms with E-state index in [9.17, 15) is 25.0 Å². The number of carbonyl (C=O) groups is 1. The highest BCUT2D eigenvalue weighted by Gasteiger charge is 2.16. The summed E-state index contributed by atoms with van der Waals surface area (Å²) in [6, 6.07) is 7.89. The van der Waals surface area contributed by atoms with Crippen LogP contribution in [-0.2, 0) is 4.79 Å². The van der Waals surface area contributed by atoms with Gasteiger partial charge < -0.3 is 10.1 Å². The van der Waals surface area contributed by atoms with Crippen molar-refractivity contribution in [2.45, 2.75) is 6.92 Å². The number of nitro benzene ring substituents is 2. The van der Waals surface area contributed by atoms with E-state index in [1.54, 1.807) is 0 Å². The van der Waals surface area contributed by atoms with Gasteiger partial charge in [-0.1, -0.05) is 17.7 Å². The zero-order valence-corrected chi connectivity index (χ0v) is 13.6. The van der Waals surface area contributed by atoms with E-state index >= 15 is 0 Å². The third kappa shape index (κ3) is 4.42. The van der Waals surface area contributed by atoms with E-state index in [0.29, 0.717) is 0 Å². The van der Waals surface area contributed by atoms with Crippen LogP contribution in [0.4, 0.5) is 17.1 Å². The van der Waals surface area contributed by atoms with Crippen molar-refractivity contribution in [2.75, 3.05) is 11.9 Å². The second-order valence-electron chi connectivity index (χ2n) is 4.92. The molecule has 9 nitrogen and oxygen atoms in total. The van der Waals surface area contributed by atoms with Gasteiger partial charge >= 0.3 is 0 Å². The average molecular weight is 366 g/mol. The summed E-state index contributed by atoms with van der Waals surface area (Å²) in [6.07, 6.45) is 0. The van der Waals surface area contributed by atoms with Gasteiger partial charge in [0.1, 0.15) is 5.75 Å². The molecule has 0 fully saturated rings. The lowest BCUT2D eigenvalue weighted by atomic mass is 10.2. The van der Waals surface area contributed by atoms with Crippen molar-refractivity contribution in [3.05, 3.63) is 67.2 Å². The Hall–Kier alpha value is -3.20. The monoisotopic (exact) mass is 365 g/mol. The minimum atomic E-state index is -0.617. The van der Waals surface area contributed by atoms with Gasteiger partial charge in [0.05, 0.1) is 26.1 Å². The molecule has 0 radical (unpaired) electrons. The first-order valence-corrected chi connectivity index (χ1v) is 7.28. The minimum absolute atomic E-state index is 0.0697. The number of amides is 1. The summed E-state index contributed by atoms with van der Waals surface area (Å²) < 4.78 is 5.29. The van der Waals surface area contributed by atoms with Gasteiger partial charge in [-0.05, 0) is 19.1 Å². The van der Waals surface area contributed by atoms with Gasteiger partial charge in [-0.2, -0.15) is 0 Å². The van der Waals surface area contributed by atoms with Crippen molar-refractivity contribution in [2.24, 2.45) is 0 Å². The van der Waals surface area contributed by atoms with E-state index < -0.39 is 22.4 Å². The molecule has 0 aromatic heterocycles. The zero-order chi connectivity index (χ0) is 18.6. The van der Waals surface area contributed by atoms with E-state index in [1.807, 2.05) is 0 Å². The number of carbonyl (C=O) groups excluding carboxylic acids is 1. The SMILES string of the molecule is Cc1c(OCC(=O)Nc2cc([N+](=O)[O-])ccc2Cl)cccc1[N+](=O)[O-]. The number of rotatable bonds is 6.